The Hall–Kier alpha value is -1.55. The first kappa shape index (κ1) is 20.2. The summed E-state index contributed by atoms with van der Waals surface area (Å²) in [4.78, 5) is 17.2. The summed E-state index contributed by atoms with van der Waals surface area (Å²) in [6.45, 7) is 10.7. The number of carbonyl (C=O) groups is 1. The first-order chi connectivity index (χ1) is 12.9. The third kappa shape index (κ3) is 4.31. The van der Waals surface area contributed by atoms with Gasteiger partial charge in [0.2, 0.25) is 5.91 Å². The van der Waals surface area contributed by atoms with Crippen molar-refractivity contribution >= 4 is 5.91 Å². The highest BCUT2D eigenvalue weighted by Gasteiger charge is 2.34. The molecule has 0 bridgehead atoms. The second kappa shape index (κ2) is 8.64. The molecule has 27 heavy (non-hydrogen) atoms. The Labute approximate surface area is 164 Å². The number of amides is 1. The van der Waals surface area contributed by atoms with Crippen molar-refractivity contribution in [1.82, 2.24) is 9.80 Å². The van der Waals surface area contributed by atoms with Crippen LogP contribution >= 0.6 is 0 Å². The Morgan fingerprint density at radius 1 is 1.04 bits per heavy atom. The predicted molar refractivity (Wildman–Crippen MR) is 110 cm³/mol. The lowest BCUT2D eigenvalue weighted by Crippen LogP contribution is -2.41. The zero-order valence-corrected chi connectivity index (χ0v) is 17.8. The maximum absolute atomic E-state index is 12.7. The van der Waals surface area contributed by atoms with Crippen molar-refractivity contribution in [2.75, 3.05) is 33.8 Å². The van der Waals surface area contributed by atoms with E-state index in [1.54, 1.807) is 7.11 Å². The summed E-state index contributed by atoms with van der Waals surface area (Å²) in [5, 5.41) is 0. The van der Waals surface area contributed by atoms with Gasteiger partial charge in [0.1, 0.15) is 5.75 Å². The molecule has 2 heterocycles. The third-order valence-corrected chi connectivity index (χ3v) is 6.96. The number of likely N-dealkylation sites (tertiary alicyclic amines) is 2. The van der Waals surface area contributed by atoms with Gasteiger partial charge in [0.25, 0.3) is 0 Å². The van der Waals surface area contributed by atoms with E-state index in [9.17, 15) is 4.79 Å². The van der Waals surface area contributed by atoms with Crippen LogP contribution in [0.2, 0.25) is 0 Å². The van der Waals surface area contributed by atoms with Crippen LogP contribution in [0, 0.1) is 32.6 Å². The van der Waals surface area contributed by atoms with E-state index in [4.69, 9.17) is 4.74 Å². The molecule has 3 rings (SSSR count). The van der Waals surface area contributed by atoms with Gasteiger partial charge >= 0.3 is 0 Å². The van der Waals surface area contributed by atoms with E-state index in [0.29, 0.717) is 11.8 Å². The molecule has 0 aromatic heterocycles. The summed E-state index contributed by atoms with van der Waals surface area (Å²) >= 11 is 0. The molecule has 4 heteroatoms. The molecule has 1 amide bonds. The number of hydrogen-bond acceptors (Lipinski definition) is 3. The maximum Gasteiger partial charge on any atom is 0.225 e. The fraction of sp³-hybridized carbons (Fsp3) is 0.696. The topological polar surface area (TPSA) is 32.8 Å². The van der Waals surface area contributed by atoms with Crippen LogP contribution < -0.4 is 4.74 Å². The van der Waals surface area contributed by atoms with Gasteiger partial charge in [-0.15, -0.1) is 0 Å². The summed E-state index contributed by atoms with van der Waals surface area (Å²) < 4.78 is 5.51. The summed E-state index contributed by atoms with van der Waals surface area (Å²) in [7, 11) is 3.73. The minimum absolute atomic E-state index is 0.256. The van der Waals surface area contributed by atoms with Gasteiger partial charge in [-0.2, -0.15) is 0 Å². The second-order valence-corrected chi connectivity index (χ2v) is 8.60. The van der Waals surface area contributed by atoms with Gasteiger partial charge in [0.15, 0.2) is 0 Å². The van der Waals surface area contributed by atoms with Gasteiger partial charge in [-0.25, -0.2) is 0 Å². The Morgan fingerprint density at radius 2 is 1.74 bits per heavy atom. The fourth-order valence-electron chi connectivity index (χ4n) is 4.96. The van der Waals surface area contributed by atoms with E-state index in [1.165, 1.54) is 28.7 Å². The number of aryl methyl sites for hydroxylation is 1. The molecule has 0 spiro atoms. The van der Waals surface area contributed by atoms with Crippen molar-refractivity contribution in [3.05, 3.63) is 28.3 Å². The Morgan fingerprint density at radius 3 is 2.41 bits per heavy atom. The summed E-state index contributed by atoms with van der Waals surface area (Å²) in [5.41, 5.74) is 5.37. The smallest absolute Gasteiger partial charge is 0.225 e. The minimum atomic E-state index is 0.256. The van der Waals surface area contributed by atoms with Crippen LogP contribution in [0.5, 0.6) is 5.75 Å². The van der Waals surface area contributed by atoms with Crippen molar-refractivity contribution in [3.63, 3.8) is 0 Å². The molecule has 1 aromatic carbocycles. The lowest BCUT2D eigenvalue weighted by Gasteiger charge is -2.36. The predicted octanol–water partition coefficient (Wildman–Crippen LogP) is 4.09. The van der Waals surface area contributed by atoms with Crippen molar-refractivity contribution in [3.8, 4) is 5.75 Å². The first-order valence-corrected chi connectivity index (χ1v) is 10.5. The van der Waals surface area contributed by atoms with E-state index in [1.807, 2.05) is 11.9 Å². The molecule has 2 aliphatic heterocycles. The van der Waals surface area contributed by atoms with E-state index < -0.39 is 0 Å². The summed E-state index contributed by atoms with van der Waals surface area (Å²) in [6.07, 6.45) is 5.75. The monoisotopic (exact) mass is 372 g/mol. The number of ether oxygens (including phenoxy) is 1. The van der Waals surface area contributed by atoms with Crippen molar-refractivity contribution in [2.24, 2.45) is 11.8 Å². The van der Waals surface area contributed by atoms with E-state index in [-0.39, 0.29) is 5.92 Å². The molecule has 0 aliphatic carbocycles. The zero-order valence-electron chi connectivity index (χ0n) is 17.8. The number of piperidine rings is 1. The quantitative estimate of drug-likeness (QED) is 0.798. The fourth-order valence-corrected chi connectivity index (χ4v) is 4.96. The van der Waals surface area contributed by atoms with Gasteiger partial charge in [-0.1, -0.05) is 6.42 Å². The van der Waals surface area contributed by atoms with Crippen LogP contribution in [0.1, 0.15) is 54.4 Å². The summed E-state index contributed by atoms with van der Waals surface area (Å²) in [6, 6.07) is 2.17. The maximum atomic E-state index is 12.7. The average Bonchev–Trinajstić information content (AvgIpc) is 2.84. The molecule has 0 N–H and O–H groups in total. The Kier molecular flexibility index (Phi) is 6.46. The number of nitrogens with zero attached hydrogens (tertiary/aromatic N) is 2. The Bertz CT molecular complexity index is 677. The molecule has 4 nitrogen and oxygen atoms in total. The van der Waals surface area contributed by atoms with Crippen molar-refractivity contribution in [1.29, 1.82) is 0 Å². The second-order valence-electron chi connectivity index (χ2n) is 8.60. The van der Waals surface area contributed by atoms with Gasteiger partial charge in [-0.05, 0) is 93.8 Å². The number of rotatable bonds is 4. The van der Waals surface area contributed by atoms with E-state index in [2.05, 4.69) is 31.7 Å². The summed E-state index contributed by atoms with van der Waals surface area (Å²) in [5.74, 6) is 2.20. The highest BCUT2D eigenvalue weighted by Crippen LogP contribution is 2.33. The molecule has 150 valence electrons. The Balaban J connectivity index is 1.63. The van der Waals surface area contributed by atoms with Crippen molar-refractivity contribution in [2.45, 2.75) is 59.4 Å². The van der Waals surface area contributed by atoms with Crippen LogP contribution in [0.15, 0.2) is 6.07 Å². The van der Waals surface area contributed by atoms with Crippen LogP contribution in [0.3, 0.4) is 0 Å². The largest absolute Gasteiger partial charge is 0.496 e. The first-order valence-electron chi connectivity index (χ1n) is 10.5. The third-order valence-electron chi connectivity index (χ3n) is 6.96. The lowest BCUT2D eigenvalue weighted by atomic mass is 9.81. The van der Waals surface area contributed by atoms with Gasteiger partial charge < -0.3 is 9.64 Å². The number of carbonyl (C=O) groups excluding carboxylic acids is 1. The van der Waals surface area contributed by atoms with Gasteiger partial charge in [0.05, 0.1) is 7.11 Å². The van der Waals surface area contributed by atoms with Crippen molar-refractivity contribution < 1.29 is 9.53 Å². The molecule has 0 saturated carbocycles. The zero-order chi connectivity index (χ0) is 19.6. The average molecular weight is 373 g/mol. The van der Waals surface area contributed by atoms with Gasteiger partial charge in [-0.3, -0.25) is 9.69 Å². The normalized spacial score (nSPS) is 22.8. The molecule has 1 aromatic rings. The molecule has 1 atom stereocenters. The molecule has 2 fully saturated rings. The van der Waals surface area contributed by atoms with Crippen LogP contribution in [0.4, 0.5) is 0 Å². The number of methoxy groups -OCH3 is 1. The highest BCUT2D eigenvalue weighted by molar-refractivity contribution is 5.79. The van der Waals surface area contributed by atoms with Crippen LogP contribution in [0.25, 0.3) is 0 Å². The van der Waals surface area contributed by atoms with E-state index >= 15 is 0 Å². The van der Waals surface area contributed by atoms with Gasteiger partial charge in [0, 0.05) is 26.1 Å². The van der Waals surface area contributed by atoms with Crippen LogP contribution in [-0.4, -0.2) is 49.5 Å². The standard InChI is InChI=1S/C23H36N2O2/c1-16-14-22(27-5)18(3)17(2)21(16)15-25-12-9-19(10-13-25)20-8-6-7-11-24(4)23(20)26/h14,19-20H,6-13,15H2,1-5H3. The lowest BCUT2D eigenvalue weighted by molar-refractivity contribution is -0.136. The molecule has 2 saturated heterocycles. The molecular weight excluding hydrogens is 336 g/mol. The molecule has 2 aliphatic rings. The SMILES string of the molecule is COc1cc(C)c(CN2CCC(C3CCCCN(C)C3=O)CC2)c(C)c1C. The molecule has 0 radical (unpaired) electrons. The molecule has 1 unspecified atom stereocenters. The molecular formula is C23H36N2O2. The van der Waals surface area contributed by atoms with Crippen LogP contribution in [-0.2, 0) is 11.3 Å². The van der Waals surface area contributed by atoms with E-state index in [0.717, 1.165) is 57.6 Å². The minimum Gasteiger partial charge on any atom is -0.496 e. The number of benzene rings is 1. The highest BCUT2D eigenvalue weighted by atomic mass is 16.5. The number of hydrogen-bond donors (Lipinski definition) is 0.